The number of halogens is 1. The van der Waals surface area contributed by atoms with Crippen molar-refractivity contribution >= 4 is 35.7 Å². The molecule has 1 aromatic rings. The molecule has 2 rings (SSSR count). The molecule has 5 N–H and O–H groups in total. The Labute approximate surface area is 147 Å². The summed E-state index contributed by atoms with van der Waals surface area (Å²) >= 11 is 1.50. The van der Waals surface area contributed by atoms with Gasteiger partial charge in [0.2, 0.25) is 5.91 Å². The molecule has 130 valence electrons. The van der Waals surface area contributed by atoms with Crippen LogP contribution < -0.4 is 16.8 Å². The highest BCUT2D eigenvalue weighted by Crippen LogP contribution is 2.26. The topological polar surface area (TPSA) is 101 Å². The monoisotopic (exact) mass is 360 g/mol. The van der Waals surface area contributed by atoms with Gasteiger partial charge in [-0.05, 0) is 30.2 Å². The van der Waals surface area contributed by atoms with E-state index in [0.717, 1.165) is 24.3 Å². The van der Waals surface area contributed by atoms with Gasteiger partial charge in [0.05, 0.1) is 12.5 Å². The first kappa shape index (κ1) is 19.7. The third-order valence-corrected chi connectivity index (χ3v) is 5.14. The Morgan fingerprint density at radius 1 is 1.52 bits per heavy atom. The van der Waals surface area contributed by atoms with Gasteiger partial charge in [-0.3, -0.25) is 4.79 Å². The third-order valence-electron chi connectivity index (χ3n) is 4.15. The first-order valence-corrected chi connectivity index (χ1v) is 8.48. The number of piperidine rings is 1. The molecule has 3 amide bonds. The third kappa shape index (κ3) is 5.37. The molecule has 1 fully saturated rings. The zero-order chi connectivity index (χ0) is 16.1. The van der Waals surface area contributed by atoms with Gasteiger partial charge in [-0.2, -0.15) is 0 Å². The van der Waals surface area contributed by atoms with E-state index in [1.165, 1.54) is 11.3 Å². The Morgan fingerprint density at radius 2 is 2.26 bits per heavy atom. The van der Waals surface area contributed by atoms with E-state index in [9.17, 15) is 9.59 Å². The van der Waals surface area contributed by atoms with E-state index < -0.39 is 6.03 Å². The minimum absolute atomic E-state index is 0. The van der Waals surface area contributed by atoms with Crippen molar-refractivity contribution in [1.29, 1.82) is 0 Å². The van der Waals surface area contributed by atoms with Crippen LogP contribution >= 0.6 is 23.7 Å². The molecule has 0 saturated carbocycles. The molecule has 6 nitrogen and oxygen atoms in total. The number of nitrogens with zero attached hydrogens (tertiary/aromatic N) is 1. The molecule has 1 aliphatic heterocycles. The Kier molecular flexibility index (Phi) is 7.81. The number of nitrogens with one attached hydrogen (secondary N) is 1. The summed E-state index contributed by atoms with van der Waals surface area (Å²) < 4.78 is 0. The largest absolute Gasteiger partial charge is 0.352 e. The zero-order valence-corrected chi connectivity index (χ0v) is 14.9. The lowest BCUT2D eigenvalue weighted by atomic mass is 9.92. The Hall–Kier alpha value is -1.31. The van der Waals surface area contributed by atoms with Crippen molar-refractivity contribution < 1.29 is 9.59 Å². The quantitative estimate of drug-likeness (QED) is 0.746. The fourth-order valence-electron chi connectivity index (χ4n) is 2.98. The van der Waals surface area contributed by atoms with Gasteiger partial charge in [0, 0.05) is 24.0 Å². The predicted molar refractivity (Wildman–Crippen MR) is 94.6 cm³/mol. The number of thiophene rings is 1. The van der Waals surface area contributed by atoms with Gasteiger partial charge < -0.3 is 21.7 Å². The van der Waals surface area contributed by atoms with Crippen LogP contribution in [-0.4, -0.2) is 36.0 Å². The van der Waals surface area contributed by atoms with Crippen LogP contribution in [0.2, 0.25) is 0 Å². The van der Waals surface area contributed by atoms with Gasteiger partial charge in [-0.1, -0.05) is 13.0 Å². The van der Waals surface area contributed by atoms with Gasteiger partial charge in [-0.25, -0.2) is 4.79 Å². The number of carbonyl (C=O) groups is 2. The van der Waals surface area contributed by atoms with E-state index in [-0.39, 0.29) is 36.8 Å². The molecule has 0 bridgehead atoms. The SMILES string of the molecule is CC1CCN(C(=O)CC(NC(N)=O)c2cccs2)C(CN)C1.Cl. The molecule has 2 heterocycles. The molecule has 0 radical (unpaired) electrons. The van der Waals surface area contributed by atoms with Crippen LogP contribution in [0.1, 0.15) is 37.1 Å². The fourth-order valence-corrected chi connectivity index (χ4v) is 3.76. The molecule has 0 aliphatic carbocycles. The number of likely N-dealkylation sites (tertiary alicyclic amines) is 1. The minimum Gasteiger partial charge on any atom is -0.352 e. The summed E-state index contributed by atoms with van der Waals surface area (Å²) in [6, 6.07) is 2.90. The number of hydrogen-bond acceptors (Lipinski definition) is 4. The molecule has 23 heavy (non-hydrogen) atoms. The van der Waals surface area contributed by atoms with Crippen LogP contribution in [0.3, 0.4) is 0 Å². The van der Waals surface area contributed by atoms with Crippen molar-refractivity contribution in [2.75, 3.05) is 13.1 Å². The summed E-state index contributed by atoms with van der Waals surface area (Å²) in [5, 5.41) is 4.58. The van der Waals surface area contributed by atoms with Gasteiger partial charge in [0.1, 0.15) is 0 Å². The highest BCUT2D eigenvalue weighted by Gasteiger charge is 2.30. The van der Waals surface area contributed by atoms with E-state index in [1.54, 1.807) is 0 Å². The summed E-state index contributed by atoms with van der Waals surface area (Å²) in [7, 11) is 0. The smallest absolute Gasteiger partial charge is 0.312 e. The molecular weight excluding hydrogens is 336 g/mol. The number of carbonyl (C=O) groups excluding carboxylic acids is 2. The van der Waals surface area contributed by atoms with Crippen LogP contribution in [0.15, 0.2) is 17.5 Å². The molecule has 3 atom stereocenters. The van der Waals surface area contributed by atoms with Crippen molar-refractivity contribution in [2.24, 2.45) is 17.4 Å². The lowest BCUT2D eigenvalue weighted by Crippen LogP contribution is -2.50. The molecule has 8 heteroatoms. The number of hydrogen-bond donors (Lipinski definition) is 3. The van der Waals surface area contributed by atoms with Gasteiger partial charge in [0.15, 0.2) is 0 Å². The average Bonchev–Trinajstić information content (AvgIpc) is 2.99. The normalized spacial score (nSPS) is 22.1. The predicted octanol–water partition coefficient (Wildman–Crippen LogP) is 1.86. The molecule has 1 aliphatic rings. The molecule has 1 saturated heterocycles. The number of amides is 3. The highest BCUT2D eigenvalue weighted by molar-refractivity contribution is 7.10. The molecule has 1 aromatic heterocycles. The number of nitrogens with two attached hydrogens (primary N) is 2. The zero-order valence-electron chi connectivity index (χ0n) is 13.2. The lowest BCUT2D eigenvalue weighted by Gasteiger charge is -2.38. The maximum absolute atomic E-state index is 12.6. The summed E-state index contributed by atoms with van der Waals surface area (Å²) in [5.41, 5.74) is 11.1. The number of rotatable bonds is 5. The summed E-state index contributed by atoms with van der Waals surface area (Å²) in [5.74, 6) is 0.615. The first-order chi connectivity index (χ1) is 10.5. The second kappa shape index (κ2) is 9.10. The van der Waals surface area contributed by atoms with Crippen molar-refractivity contribution in [3.05, 3.63) is 22.4 Å². The Morgan fingerprint density at radius 3 is 2.83 bits per heavy atom. The van der Waals surface area contributed by atoms with E-state index >= 15 is 0 Å². The maximum Gasteiger partial charge on any atom is 0.312 e. The van der Waals surface area contributed by atoms with E-state index in [1.807, 2.05) is 22.4 Å². The highest BCUT2D eigenvalue weighted by atomic mass is 35.5. The average molecular weight is 361 g/mol. The summed E-state index contributed by atoms with van der Waals surface area (Å²) in [6.07, 6.45) is 2.15. The summed E-state index contributed by atoms with van der Waals surface area (Å²) in [4.78, 5) is 26.6. The summed E-state index contributed by atoms with van der Waals surface area (Å²) in [6.45, 7) is 3.40. The number of primary amides is 1. The van der Waals surface area contributed by atoms with Crippen molar-refractivity contribution in [3.63, 3.8) is 0 Å². The maximum atomic E-state index is 12.6. The van der Waals surface area contributed by atoms with Crippen molar-refractivity contribution in [3.8, 4) is 0 Å². The van der Waals surface area contributed by atoms with Crippen LogP contribution in [-0.2, 0) is 4.79 Å². The van der Waals surface area contributed by atoms with Crippen LogP contribution in [0.5, 0.6) is 0 Å². The van der Waals surface area contributed by atoms with Crippen LogP contribution in [0, 0.1) is 5.92 Å². The lowest BCUT2D eigenvalue weighted by molar-refractivity contribution is -0.135. The molecule has 0 aromatic carbocycles. The second-order valence-corrected chi connectivity index (χ2v) is 6.87. The Bertz CT molecular complexity index is 512. The standard InChI is InChI=1S/C15H24N4O2S.ClH/c1-10-4-5-19(11(7-10)9-16)14(20)8-12(18-15(17)21)13-3-2-6-22-13;/h2-3,6,10-12H,4-5,7-9,16H2,1H3,(H3,17,18,21);1H. The molecule has 0 spiro atoms. The molecular formula is C15H25ClN4O2S. The number of urea groups is 1. The molecule has 3 unspecified atom stereocenters. The Balaban J connectivity index is 0.00000264. The van der Waals surface area contributed by atoms with Crippen LogP contribution in [0.25, 0.3) is 0 Å². The first-order valence-electron chi connectivity index (χ1n) is 7.60. The second-order valence-electron chi connectivity index (χ2n) is 5.89. The van der Waals surface area contributed by atoms with Gasteiger partial charge in [0.25, 0.3) is 0 Å². The van der Waals surface area contributed by atoms with E-state index in [4.69, 9.17) is 11.5 Å². The van der Waals surface area contributed by atoms with E-state index in [2.05, 4.69) is 12.2 Å². The van der Waals surface area contributed by atoms with Gasteiger partial charge in [-0.15, -0.1) is 23.7 Å². The fraction of sp³-hybridized carbons (Fsp3) is 0.600. The van der Waals surface area contributed by atoms with Gasteiger partial charge >= 0.3 is 6.03 Å². The van der Waals surface area contributed by atoms with Crippen LogP contribution in [0.4, 0.5) is 4.79 Å². The van der Waals surface area contributed by atoms with Crippen molar-refractivity contribution in [2.45, 2.75) is 38.3 Å². The van der Waals surface area contributed by atoms with Crippen molar-refractivity contribution in [1.82, 2.24) is 10.2 Å². The minimum atomic E-state index is -0.617. The van der Waals surface area contributed by atoms with E-state index in [0.29, 0.717) is 12.5 Å².